The maximum Gasteiger partial charge on any atom is 0.226 e. The molecule has 0 saturated carbocycles. The summed E-state index contributed by atoms with van der Waals surface area (Å²) >= 11 is 0. The van der Waals surface area contributed by atoms with Gasteiger partial charge in [0.1, 0.15) is 12.0 Å². The number of hydrogen-bond acceptors (Lipinski definition) is 5. The normalized spacial score (nSPS) is 17.9. The lowest BCUT2D eigenvalue weighted by Gasteiger charge is -2.21. The summed E-state index contributed by atoms with van der Waals surface area (Å²) in [5.74, 6) is 2.05. The van der Waals surface area contributed by atoms with Crippen molar-refractivity contribution in [2.45, 2.75) is 26.4 Å². The number of nitrogens with zero attached hydrogens (tertiary/aromatic N) is 3. The molecule has 3 aromatic rings. The standard InChI is InChI=1S/C19H22N4O2/c1-13-7-18-15(8-20-22-18)10-23(9-13)11-16-12-25-19(21-16)14-3-5-17(24-2)6-4-14/h3-6,8,12-13H,7,9-11H2,1-2H3,(H,20,22). The van der Waals surface area contributed by atoms with Crippen molar-refractivity contribution in [3.8, 4) is 17.2 Å². The molecule has 6 heteroatoms. The fourth-order valence-electron chi connectivity index (χ4n) is 3.41. The zero-order chi connectivity index (χ0) is 17.2. The van der Waals surface area contributed by atoms with Gasteiger partial charge in [-0.1, -0.05) is 6.92 Å². The van der Waals surface area contributed by atoms with Crippen molar-refractivity contribution in [1.29, 1.82) is 0 Å². The van der Waals surface area contributed by atoms with Gasteiger partial charge in [-0.15, -0.1) is 0 Å². The average Bonchev–Trinajstić information content (AvgIpc) is 3.22. The van der Waals surface area contributed by atoms with Crippen LogP contribution in [0.15, 0.2) is 41.1 Å². The molecule has 6 nitrogen and oxygen atoms in total. The predicted molar refractivity (Wildman–Crippen MR) is 94.1 cm³/mol. The summed E-state index contributed by atoms with van der Waals surface area (Å²) in [6.07, 6.45) is 4.74. The van der Waals surface area contributed by atoms with Crippen molar-refractivity contribution in [3.63, 3.8) is 0 Å². The summed E-state index contributed by atoms with van der Waals surface area (Å²) in [6.45, 7) is 4.97. The fourth-order valence-corrected chi connectivity index (χ4v) is 3.41. The molecular formula is C19H22N4O2. The summed E-state index contributed by atoms with van der Waals surface area (Å²) < 4.78 is 10.9. The number of rotatable bonds is 4. The molecule has 0 saturated heterocycles. The van der Waals surface area contributed by atoms with E-state index in [2.05, 4.69) is 27.0 Å². The molecule has 1 aliphatic heterocycles. The van der Waals surface area contributed by atoms with Crippen LogP contribution in [-0.2, 0) is 19.5 Å². The van der Waals surface area contributed by atoms with Gasteiger partial charge in [0.25, 0.3) is 0 Å². The number of methoxy groups -OCH3 is 1. The van der Waals surface area contributed by atoms with Gasteiger partial charge in [-0.25, -0.2) is 4.98 Å². The van der Waals surface area contributed by atoms with E-state index >= 15 is 0 Å². The van der Waals surface area contributed by atoms with E-state index in [0.29, 0.717) is 11.8 Å². The molecule has 2 aromatic heterocycles. The van der Waals surface area contributed by atoms with E-state index in [1.165, 1.54) is 11.3 Å². The van der Waals surface area contributed by atoms with E-state index in [4.69, 9.17) is 9.15 Å². The Morgan fingerprint density at radius 2 is 2.16 bits per heavy atom. The van der Waals surface area contributed by atoms with Crippen LogP contribution in [0.25, 0.3) is 11.5 Å². The van der Waals surface area contributed by atoms with E-state index in [1.807, 2.05) is 30.5 Å². The molecule has 1 aliphatic rings. The second-order valence-electron chi connectivity index (χ2n) is 6.73. The third kappa shape index (κ3) is 3.44. The van der Waals surface area contributed by atoms with E-state index in [-0.39, 0.29) is 0 Å². The van der Waals surface area contributed by atoms with Crippen LogP contribution in [0.3, 0.4) is 0 Å². The van der Waals surface area contributed by atoms with Crippen molar-refractivity contribution in [2.24, 2.45) is 5.92 Å². The molecule has 0 amide bonds. The fraction of sp³-hybridized carbons (Fsp3) is 0.368. The number of oxazole rings is 1. The van der Waals surface area contributed by atoms with Crippen molar-refractivity contribution >= 4 is 0 Å². The first-order valence-corrected chi connectivity index (χ1v) is 8.53. The van der Waals surface area contributed by atoms with Gasteiger partial charge in [0.2, 0.25) is 5.89 Å². The molecule has 0 fully saturated rings. The number of ether oxygens (including phenoxy) is 1. The van der Waals surface area contributed by atoms with Crippen molar-refractivity contribution in [3.05, 3.63) is 53.7 Å². The Morgan fingerprint density at radius 1 is 1.32 bits per heavy atom. The second-order valence-corrected chi connectivity index (χ2v) is 6.73. The van der Waals surface area contributed by atoms with Crippen molar-refractivity contribution in [2.75, 3.05) is 13.7 Å². The van der Waals surface area contributed by atoms with E-state index in [0.717, 1.165) is 43.1 Å². The second kappa shape index (κ2) is 6.72. The molecule has 3 heterocycles. The number of aromatic nitrogens is 3. The van der Waals surface area contributed by atoms with Crippen LogP contribution < -0.4 is 4.74 Å². The minimum atomic E-state index is 0.578. The zero-order valence-corrected chi connectivity index (χ0v) is 14.5. The van der Waals surface area contributed by atoms with E-state index in [1.54, 1.807) is 13.4 Å². The topological polar surface area (TPSA) is 67.2 Å². The Balaban J connectivity index is 1.49. The highest BCUT2D eigenvalue weighted by Gasteiger charge is 2.21. The minimum absolute atomic E-state index is 0.578. The highest BCUT2D eigenvalue weighted by atomic mass is 16.5. The van der Waals surface area contributed by atoms with Gasteiger partial charge in [-0.3, -0.25) is 10.00 Å². The molecule has 1 aromatic carbocycles. The molecule has 0 aliphatic carbocycles. The summed E-state index contributed by atoms with van der Waals surface area (Å²) in [6, 6.07) is 7.74. The summed E-state index contributed by atoms with van der Waals surface area (Å²) in [7, 11) is 1.66. The molecule has 4 rings (SSSR count). The molecule has 0 spiro atoms. The smallest absolute Gasteiger partial charge is 0.226 e. The minimum Gasteiger partial charge on any atom is -0.497 e. The largest absolute Gasteiger partial charge is 0.497 e. The number of nitrogens with one attached hydrogen (secondary N) is 1. The number of benzene rings is 1. The first-order valence-electron chi connectivity index (χ1n) is 8.53. The SMILES string of the molecule is COc1ccc(-c2nc(CN3Cc4cn[nH]c4CC(C)C3)co2)cc1. The number of hydrogen-bond donors (Lipinski definition) is 1. The van der Waals surface area contributed by atoms with Crippen LogP contribution >= 0.6 is 0 Å². The van der Waals surface area contributed by atoms with E-state index in [9.17, 15) is 0 Å². The third-order valence-electron chi connectivity index (χ3n) is 4.60. The highest BCUT2D eigenvalue weighted by molar-refractivity contribution is 5.54. The Morgan fingerprint density at radius 3 is 2.96 bits per heavy atom. The lowest BCUT2D eigenvalue weighted by molar-refractivity contribution is 0.227. The van der Waals surface area contributed by atoms with E-state index < -0.39 is 0 Å². The summed E-state index contributed by atoms with van der Waals surface area (Å²) in [5.41, 5.74) is 4.44. The van der Waals surface area contributed by atoms with Crippen LogP contribution in [0.1, 0.15) is 23.9 Å². The van der Waals surface area contributed by atoms with Crippen molar-refractivity contribution < 1.29 is 9.15 Å². The predicted octanol–water partition coefficient (Wildman–Crippen LogP) is 3.27. The van der Waals surface area contributed by atoms with Gasteiger partial charge >= 0.3 is 0 Å². The molecule has 25 heavy (non-hydrogen) atoms. The molecule has 0 radical (unpaired) electrons. The van der Waals surface area contributed by atoms with Crippen LogP contribution in [0.5, 0.6) is 5.75 Å². The van der Waals surface area contributed by atoms with Gasteiger partial charge in [-0.2, -0.15) is 5.10 Å². The van der Waals surface area contributed by atoms with Crippen LogP contribution in [0, 0.1) is 5.92 Å². The van der Waals surface area contributed by atoms with Gasteiger partial charge < -0.3 is 9.15 Å². The number of H-pyrrole nitrogens is 1. The molecule has 1 atom stereocenters. The van der Waals surface area contributed by atoms with Crippen molar-refractivity contribution in [1.82, 2.24) is 20.1 Å². The first-order chi connectivity index (χ1) is 12.2. The first kappa shape index (κ1) is 15.9. The molecule has 1 N–H and O–H groups in total. The lowest BCUT2D eigenvalue weighted by Crippen LogP contribution is -2.26. The molecular weight excluding hydrogens is 316 g/mol. The quantitative estimate of drug-likeness (QED) is 0.791. The Labute approximate surface area is 146 Å². The number of fused-ring (bicyclic) bond motifs is 1. The van der Waals surface area contributed by atoms with Crippen LogP contribution in [-0.4, -0.2) is 33.7 Å². The third-order valence-corrected chi connectivity index (χ3v) is 4.60. The number of aromatic amines is 1. The Hall–Kier alpha value is -2.60. The summed E-state index contributed by atoms with van der Waals surface area (Å²) in [4.78, 5) is 7.06. The summed E-state index contributed by atoms with van der Waals surface area (Å²) in [5, 5.41) is 7.31. The Bertz CT molecular complexity index is 837. The maximum absolute atomic E-state index is 5.68. The van der Waals surface area contributed by atoms with Gasteiger partial charge in [0, 0.05) is 36.5 Å². The van der Waals surface area contributed by atoms with Crippen LogP contribution in [0.4, 0.5) is 0 Å². The van der Waals surface area contributed by atoms with Gasteiger partial charge in [-0.05, 0) is 36.6 Å². The highest BCUT2D eigenvalue weighted by Crippen LogP contribution is 2.24. The average molecular weight is 338 g/mol. The van der Waals surface area contributed by atoms with Gasteiger partial charge in [0.15, 0.2) is 0 Å². The Kier molecular flexibility index (Phi) is 4.28. The molecule has 1 unspecified atom stereocenters. The zero-order valence-electron chi connectivity index (χ0n) is 14.5. The monoisotopic (exact) mass is 338 g/mol. The maximum atomic E-state index is 5.68. The molecule has 0 bridgehead atoms. The van der Waals surface area contributed by atoms with Crippen LogP contribution in [0.2, 0.25) is 0 Å². The lowest BCUT2D eigenvalue weighted by atomic mass is 10.1. The van der Waals surface area contributed by atoms with Gasteiger partial charge in [0.05, 0.1) is 19.0 Å². The molecule has 130 valence electrons.